The number of rotatable bonds is 3. The Morgan fingerprint density at radius 1 is 1.25 bits per heavy atom. The van der Waals surface area contributed by atoms with Crippen molar-refractivity contribution >= 4 is 23.2 Å². The second kappa shape index (κ2) is 5.97. The van der Waals surface area contributed by atoms with Gasteiger partial charge in [0.25, 0.3) is 5.91 Å². The zero-order chi connectivity index (χ0) is 14.7. The number of aryl methyl sites for hydroxylation is 1. The topological polar surface area (TPSA) is 55.1 Å². The predicted octanol–water partition coefficient (Wildman–Crippen LogP) is 3.72. The fourth-order valence-corrected chi connectivity index (χ4v) is 2.38. The molecule has 0 fully saturated rings. The van der Waals surface area contributed by atoms with Crippen LogP contribution in [0.1, 0.15) is 34.5 Å². The van der Waals surface area contributed by atoms with Crippen LogP contribution in [0.3, 0.4) is 0 Å². The van der Waals surface area contributed by atoms with Crippen LogP contribution >= 0.6 is 11.6 Å². The summed E-state index contributed by atoms with van der Waals surface area (Å²) in [5, 5.41) is 3.36. The molecule has 1 atom stereocenters. The molecule has 0 saturated heterocycles. The molecule has 2 aromatic carbocycles. The van der Waals surface area contributed by atoms with E-state index >= 15 is 0 Å². The molecule has 20 heavy (non-hydrogen) atoms. The lowest BCUT2D eigenvalue weighted by Gasteiger charge is -2.16. The molecule has 0 aromatic heterocycles. The van der Waals surface area contributed by atoms with E-state index in [2.05, 4.69) is 5.32 Å². The van der Waals surface area contributed by atoms with Crippen LogP contribution in [-0.2, 0) is 0 Å². The van der Waals surface area contributed by atoms with Crippen molar-refractivity contribution in [3.63, 3.8) is 0 Å². The summed E-state index contributed by atoms with van der Waals surface area (Å²) in [7, 11) is 0. The molecule has 0 spiro atoms. The van der Waals surface area contributed by atoms with Crippen LogP contribution in [0.15, 0.2) is 42.5 Å². The number of carbonyl (C=O) groups excluding carboxylic acids is 1. The normalized spacial score (nSPS) is 11.9. The maximum absolute atomic E-state index is 12.2. The van der Waals surface area contributed by atoms with Crippen LogP contribution in [0, 0.1) is 6.92 Å². The molecule has 0 aliphatic heterocycles. The van der Waals surface area contributed by atoms with Gasteiger partial charge in [-0.25, -0.2) is 0 Å². The minimum atomic E-state index is -0.203. The number of hydrogen-bond acceptors (Lipinski definition) is 2. The number of anilines is 1. The molecule has 3 nitrogen and oxygen atoms in total. The van der Waals surface area contributed by atoms with Crippen LogP contribution in [-0.4, -0.2) is 5.91 Å². The minimum Gasteiger partial charge on any atom is -0.398 e. The summed E-state index contributed by atoms with van der Waals surface area (Å²) in [4.78, 5) is 12.2. The van der Waals surface area contributed by atoms with Crippen molar-refractivity contribution < 1.29 is 4.79 Å². The standard InChI is InChI=1S/C16H17ClN2O/c1-10-7-8-13(14(17)9-10)16(20)19-11(2)12-5-3-4-6-15(12)18/h3-9,11H,18H2,1-2H3,(H,19,20). The van der Waals surface area contributed by atoms with Crippen LogP contribution in [0.2, 0.25) is 5.02 Å². The van der Waals surface area contributed by atoms with Crippen molar-refractivity contribution in [1.82, 2.24) is 5.32 Å². The molecule has 4 heteroatoms. The smallest absolute Gasteiger partial charge is 0.253 e. The molecule has 1 amide bonds. The van der Waals surface area contributed by atoms with Crippen LogP contribution in [0.25, 0.3) is 0 Å². The SMILES string of the molecule is Cc1ccc(C(=O)NC(C)c2ccccc2N)c(Cl)c1. The van der Waals surface area contributed by atoms with Crippen LogP contribution in [0.4, 0.5) is 5.69 Å². The molecule has 2 rings (SSSR count). The summed E-state index contributed by atoms with van der Waals surface area (Å²) in [6.45, 7) is 3.83. The lowest BCUT2D eigenvalue weighted by Crippen LogP contribution is -2.27. The van der Waals surface area contributed by atoms with Crippen molar-refractivity contribution in [2.45, 2.75) is 19.9 Å². The molecule has 3 N–H and O–H groups in total. The Balaban J connectivity index is 2.17. The van der Waals surface area contributed by atoms with Crippen LogP contribution in [0.5, 0.6) is 0 Å². The Hall–Kier alpha value is -2.00. The van der Waals surface area contributed by atoms with Gasteiger partial charge in [-0.1, -0.05) is 35.9 Å². The third-order valence-electron chi connectivity index (χ3n) is 3.18. The van der Waals surface area contributed by atoms with Gasteiger partial charge in [-0.3, -0.25) is 4.79 Å². The Kier molecular flexibility index (Phi) is 4.30. The van der Waals surface area contributed by atoms with Crippen molar-refractivity contribution in [3.05, 3.63) is 64.2 Å². The number of para-hydroxylation sites is 1. The van der Waals surface area contributed by atoms with Gasteiger partial charge in [-0.15, -0.1) is 0 Å². The first-order valence-electron chi connectivity index (χ1n) is 6.40. The molecule has 0 aliphatic rings. The minimum absolute atomic E-state index is 0.180. The molecule has 104 valence electrons. The number of carbonyl (C=O) groups is 1. The first kappa shape index (κ1) is 14.4. The van der Waals surface area contributed by atoms with Crippen molar-refractivity contribution in [2.24, 2.45) is 0 Å². The highest BCUT2D eigenvalue weighted by Crippen LogP contribution is 2.22. The number of amides is 1. The number of nitrogens with two attached hydrogens (primary N) is 1. The highest BCUT2D eigenvalue weighted by molar-refractivity contribution is 6.33. The monoisotopic (exact) mass is 288 g/mol. The Morgan fingerprint density at radius 3 is 2.60 bits per heavy atom. The van der Waals surface area contributed by atoms with E-state index in [1.807, 2.05) is 44.2 Å². The van der Waals surface area contributed by atoms with Gasteiger partial charge in [0.05, 0.1) is 16.6 Å². The zero-order valence-corrected chi connectivity index (χ0v) is 12.2. The Morgan fingerprint density at radius 2 is 1.95 bits per heavy atom. The highest BCUT2D eigenvalue weighted by Gasteiger charge is 2.15. The Bertz CT molecular complexity index is 640. The summed E-state index contributed by atoms with van der Waals surface area (Å²) in [6, 6.07) is 12.7. The van der Waals surface area contributed by atoms with Gasteiger partial charge in [0.1, 0.15) is 0 Å². The van der Waals surface area contributed by atoms with Crippen molar-refractivity contribution in [1.29, 1.82) is 0 Å². The second-order valence-electron chi connectivity index (χ2n) is 4.81. The van der Waals surface area contributed by atoms with Crippen molar-refractivity contribution in [2.75, 3.05) is 5.73 Å². The average molecular weight is 289 g/mol. The van der Waals surface area contributed by atoms with Crippen molar-refractivity contribution in [3.8, 4) is 0 Å². The van der Waals surface area contributed by atoms with E-state index in [1.54, 1.807) is 12.1 Å². The number of nitrogens with one attached hydrogen (secondary N) is 1. The van der Waals surface area contributed by atoms with E-state index in [4.69, 9.17) is 17.3 Å². The number of hydrogen-bond donors (Lipinski definition) is 2. The number of halogens is 1. The second-order valence-corrected chi connectivity index (χ2v) is 5.21. The molecular formula is C16H17ClN2O. The van der Waals surface area contributed by atoms with E-state index in [0.717, 1.165) is 11.1 Å². The third-order valence-corrected chi connectivity index (χ3v) is 3.49. The predicted molar refractivity (Wildman–Crippen MR) is 82.9 cm³/mol. The first-order valence-corrected chi connectivity index (χ1v) is 6.78. The van der Waals surface area contributed by atoms with Gasteiger partial charge in [0.15, 0.2) is 0 Å². The fourth-order valence-electron chi connectivity index (χ4n) is 2.06. The van der Waals surface area contributed by atoms with Gasteiger partial charge in [-0.2, -0.15) is 0 Å². The lowest BCUT2D eigenvalue weighted by atomic mass is 10.1. The zero-order valence-electron chi connectivity index (χ0n) is 11.5. The molecule has 0 aliphatic carbocycles. The summed E-state index contributed by atoms with van der Waals surface area (Å²) in [5.74, 6) is -0.203. The van der Waals surface area contributed by atoms with E-state index in [0.29, 0.717) is 16.3 Å². The quantitative estimate of drug-likeness (QED) is 0.846. The third kappa shape index (κ3) is 3.11. The number of benzene rings is 2. The Labute approximate surface area is 123 Å². The maximum Gasteiger partial charge on any atom is 0.253 e. The maximum atomic E-state index is 12.2. The van der Waals surface area contributed by atoms with E-state index < -0.39 is 0 Å². The van der Waals surface area contributed by atoms with Gasteiger partial charge in [0.2, 0.25) is 0 Å². The van der Waals surface area contributed by atoms with E-state index in [9.17, 15) is 4.79 Å². The van der Waals surface area contributed by atoms with Gasteiger partial charge < -0.3 is 11.1 Å². The molecule has 0 heterocycles. The van der Waals surface area contributed by atoms with E-state index in [1.165, 1.54) is 0 Å². The van der Waals surface area contributed by atoms with Gasteiger partial charge in [-0.05, 0) is 43.2 Å². The van der Waals surface area contributed by atoms with E-state index in [-0.39, 0.29) is 11.9 Å². The number of nitrogen functional groups attached to an aromatic ring is 1. The molecule has 2 aromatic rings. The van der Waals surface area contributed by atoms with Gasteiger partial charge in [0, 0.05) is 5.69 Å². The summed E-state index contributed by atoms with van der Waals surface area (Å²) in [5.41, 5.74) is 8.95. The largest absolute Gasteiger partial charge is 0.398 e. The first-order chi connectivity index (χ1) is 9.49. The summed E-state index contributed by atoms with van der Waals surface area (Å²) in [6.07, 6.45) is 0. The summed E-state index contributed by atoms with van der Waals surface area (Å²) >= 11 is 6.10. The average Bonchev–Trinajstić information content (AvgIpc) is 2.38. The van der Waals surface area contributed by atoms with Crippen LogP contribution < -0.4 is 11.1 Å². The highest BCUT2D eigenvalue weighted by atomic mass is 35.5. The fraction of sp³-hybridized carbons (Fsp3) is 0.188. The molecule has 0 bridgehead atoms. The summed E-state index contributed by atoms with van der Waals surface area (Å²) < 4.78 is 0. The molecule has 0 radical (unpaired) electrons. The molecule has 0 saturated carbocycles. The van der Waals surface area contributed by atoms with Gasteiger partial charge >= 0.3 is 0 Å². The lowest BCUT2D eigenvalue weighted by molar-refractivity contribution is 0.0940. The molecule has 1 unspecified atom stereocenters. The molecular weight excluding hydrogens is 272 g/mol.